The van der Waals surface area contributed by atoms with Crippen LogP contribution in [0.15, 0.2) is 52.1 Å². The average Bonchev–Trinajstić information content (AvgIpc) is 3.00. The third kappa shape index (κ3) is 6.51. The van der Waals surface area contributed by atoms with Crippen LogP contribution in [0.25, 0.3) is 10.9 Å². The highest BCUT2D eigenvalue weighted by atomic mass is 19.1. The van der Waals surface area contributed by atoms with Crippen LogP contribution in [0.3, 0.4) is 0 Å². The van der Waals surface area contributed by atoms with Crippen LogP contribution in [0.2, 0.25) is 0 Å². The maximum atomic E-state index is 13.9. The molecular weight excluding hydrogens is 532 g/mol. The molecule has 0 saturated carbocycles. The van der Waals surface area contributed by atoms with E-state index in [0.717, 1.165) is 44.7 Å². The Morgan fingerprint density at radius 1 is 0.902 bits per heavy atom. The van der Waals surface area contributed by atoms with E-state index in [-0.39, 0.29) is 23.7 Å². The number of alkyl halides is 2. The average molecular weight is 570 g/mol. The fourth-order valence-corrected chi connectivity index (χ4v) is 5.67. The number of piperidine rings is 1. The van der Waals surface area contributed by atoms with Crippen LogP contribution in [-0.2, 0) is 17.9 Å². The van der Waals surface area contributed by atoms with Crippen LogP contribution >= 0.6 is 0 Å². The van der Waals surface area contributed by atoms with Crippen LogP contribution < -0.4 is 16.0 Å². The van der Waals surface area contributed by atoms with Crippen molar-refractivity contribution < 1.29 is 18.3 Å². The number of carbonyl (C=O) groups is 1. The number of piperazine rings is 1. The molecule has 0 N–H and O–H groups in total. The summed E-state index contributed by atoms with van der Waals surface area (Å²) in [6, 6.07) is 12.3. The number of hydrogen-bond donors (Lipinski definition) is 0. The zero-order valence-electron chi connectivity index (χ0n) is 23.4. The van der Waals surface area contributed by atoms with E-state index in [4.69, 9.17) is 4.74 Å². The van der Waals surface area contributed by atoms with Gasteiger partial charge in [0.15, 0.2) is 6.10 Å². The summed E-state index contributed by atoms with van der Waals surface area (Å²) in [6.45, 7) is 4.04. The van der Waals surface area contributed by atoms with Crippen molar-refractivity contribution in [3.63, 3.8) is 0 Å². The SMILES string of the molecule is CN1CCN(Cc2ccc(Cn3c(=O)c4cc(OC(CF)CF)ccc4n(C4CCN(C=O)CC4)c3=O)cc2)CC1. The number of rotatable bonds is 10. The van der Waals surface area contributed by atoms with Crippen molar-refractivity contribution in [2.75, 3.05) is 59.7 Å². The van der Waals surface area contributed by atoms with Gasteiger partial charge >= 0.3 is 5.69 Å². The second-order valence-electron chi connectivity index (χ2n) is 11.0. The fourth-order valence-electron chi connectivity index (χ4n) is 5.67. The third-order valence-corrected chi connectivity index (χ3v) is 8.17. The molecule has 0 atom stereocenters. The van der Waals surface area contributed by atoms with Crippen molar-refractivity contribution >= 4 is 17.3 Å². The molecule has 3 aromatic rings. The summed E-state index contributed by atoms with van der Waals surface area (Å²) < 4.78 is 34.5. The van der Waals surface area contributed by atoms with E-state index in [1.165, 1.54) is 22.3 Å². The van der Waals surface area contributed by atoms with Gasteiger partial charge in [0.25, 0.3) is 5.56 Å². The first-order valence-electron chi connectivity index (χ1n) is 14.2. The fraction of sp³-hybridized carbons (Fsp3) is 0.500. The molecule has 1 aromatic heterocycles. The number of ether oxygens (including phenoxy) is 1. The lowest BCUT2D eigenvalue weighted by atomic mass is 10.0. The number of hydrogen-bond acceptors (Lipinski definition) is 6. The van der Waals surface area contributed by atoms with Crippen LogP contribution in [0.5, 0.6) is 5.75 Å². The van der Waals surface area contributed by atoms with E-state index in [0.29, 0.717) is 31.4 Å². The minimum atomic E-state index is -1.27. The van der Waals surface area contributed by atoms with Gasteiger partial charge in [-0.05, 0) is 49.2 Å². The van der Waals surface area contributed by atoms with Crippen molar-refractivity contribution in [1.82, 2.24) is 23.8 Å². The van der Waals surface area contributed by atoms with Crippen LogP contribution in [0, 0.1) is 0 Å². The van der Waals surface area contributed by atoms with E-state index < -0.39 is 30.7 Å². The Labute approximate surface area is 237 Å². The van der Waals surface area contributed by atoms with Gasteiger partial charge in [0, 0.05) is 51.9 Å². The molecule has 0 unspecified atom stereocenters. The highest BCUT2D eigenvalue weighted by Gasteiger charge is 2.25. The third-order valence-electron chi connectivity index (χ3n) is 8.17. The molecule has 3 heterocycles. The van der Waals surface area contributed by atoms with Crippen LogP contribution in [-0.4, -0.2) is 96.0 Å². The standard InChI is InChI=1S/C30H37F2N5O4/c1-33-12-14-34(15-13-33)19-22-2-4-23(5-3-22)20-36-29(39)27-16-25(41-26(17-31)18-32)6-7-28(27)37(30(36)40)24-8-10-35(21-38)11-9-24/h2-7,16,21,24,26H,8-15,17-20H2,1H3. The number of nitrogens with zero attached hydrogens (tertiary/aromatic N) is 5. The lowest BCUT2D eigenvalue weighted by Crippen LogP contribution is -2.44. The highest BCUT2D eigenvalue weighted by Crippen LogP contribution is 2.26. The molecule has 0 radical (unpaired) electrons. The molecule has 0 spiro atoms. The van der Waals surface area contributed by atoms with Gasteiger partial charge in [-0.2, -0.15) is 0 Å². The molecule has 2 aromatic carbocycles. The van der Waals surface area contributed by atoms with Gasteiger partial charge in [-0.25, -0.2) is 13.6 Å². The minimum absolute atomic E-state index is 0.0816. The maximum absolute atomic E-state index is 13.9. The van der Waals surface area contributed by atoms with Gasteiger partial charge in [-0.15, -0.1) is 0 Å². The molecule has 5 rings (SSSR count). The number of aromatic nitrogens is 2. The van der Waals surface area contributed by atoms with Crippen LogP contribution in [0.1, 0.15) is 30.0 Å². The van der Waals surface area contributed by atoms with E-state index >= 15 is 0 Å². The van der Waals surface area contributed by atoms with Gasteiger partial charge in [0.05, 0.1) is 17.4 Å². The number of benzene rings is 2. The zero-order chi connectivity index (χ0) is 28.9. The Kier molecular flexibility index (Phi) is 9.14. The van der Waals surface area contributed by atoms with Crippen molar-refractivity contribution in [3.05, 3.63) is 74.4 Å². The normalized spacial score (nSPS) is 17.4. The monoisotopic (exact) mass is 569 g/mol. The number of amides is 1. The summed E-state index contributed by atoms with van der Waals surface area (Å²) >= 11 is 0. The zero-order valence-corrected chi connectivity index (χ0v) is 23.4. The topological polar surface area (TPSA) is 80.0 Å². The Hall–Kier alpha value is -3.57. The second kappa shape index (κ2) is 12.9. The Balaban J connectivity index is 1.48. The molecule has 2 saturated heterocycles. The molecule has 41 heavy (non-hydrogen) atoms. The van der Waals surface area contributed by atoms with Crippen LogP contribution in [0.4, 0.5) is 8.78 Å². The summed E-state index contributed by atoms with van der Waals surface area (Å²) in [5, 5.41) is 0.239. The summed E-state index contributed by atoms with van der Waals surface area (Å²) in [4.78, 5) is 45.2. The molecule has 9 nitrogen and oxygen atoms in total. The Morgan fingerprint density at radius 3 is 2.15 bits per heavy atom. The predicted octanol–water partition coefficient (Wildman–Crippen LogP) is 2.44. The largest absolute Gasteiger partial charge is 0.485 e. The first-order valence-corrected chi connectivity index (χ1v) is 14.2. The first-order chi connectivity index (χ1) is 19.9. The second-order valence-corrected chi connectivity index (χ2v) is 11.0. The molecule has 2 fully saturated rings. The first kappa shape index (κ1) is 28.9. The van der Waals surface area contributed by atoms with Gasteiger partial charge in [0.1, 0.15) is 19.1 Å². The Morgan fingerprint density at radius 2 is 1.54 bits per heavy atom. The quantitative estimate of drug-likeness (QED) is 0.349. The summed E-state index contributed by atoms with van der Waals surface area (Å²) in [5.41, 5.74) is 1.51. The predicted molar refractivity (Wildman–Crippen MR) is 153 cm³/mol. The van der Waals surface area contributed by atoms with Gasteiger partial charge in [-0.3, -0.25) is 23.6 Å². The Bertz CT molecular complexity index is 1450. The van der Waals surface area contributed by atoms with Crippen molar-refractivity contribution in [1.29, 1.82) is 0 Å². The smallest absolute Gasteiger partial charge is 0.332 e. The minimum Gasteiger partial charge on any atom is -0.485 e. The molecule has 0 bridgehead atoms. The molecular formula is C30H37F2N5O4. The lowest BCUT2D eigenvalue weighted by Gasteiger charge is -2.32. The molecule has 2 aliphatic heterocycles. The lowest BCUT2D eigenvalue weighted by molar-refractivity contribution is -0.119. The number of halogens is 2. The van der Waals surface area contributed by atoms with E-state index in [9.17, 15) is 23.2 Å². The van der Waals surface area contributed by atoms with Crippen molar-refractivity contribution in [2.24, 2.45) is 0 Å². The summed E-state index contributed by atoms with van der Waals surface area (Å²) in [6.07, 6.45) is 0.674. The summed E-state index contributed by atoms with van der Waals surface area (Å²) in [5.74, 6) is 0.163. The maximum Gasteiger partial charge on any atom is 0.332 e. The molecule has 2 aliphatic rings. The highest BCUT2D eigenvalue weighted by molar-refractivity contribution is 5.80. The molecule has 0 aliphatic carbocycles. The van der Waals surface area contributed by atoms with E-state index in [2.05, 4.69) is 16.8 Å². The van der Waals surface area contributed by atoms with Gasteiger partial charge in [-0.1, -0.05) is 24.3 Å². The van der Waals surface area contributed by atoms with Gasteiger partial charge < -0.3 is 14.5 Å². The molecule has 1 amide bonds. The summed E-state index contributed by atoms with van der Waals surface area (Å²) in [7, 11) is 2.13. The number of fused-ring (bicyclic) bond motifs is 1. The number of likely N-dealkylation sites (tertiary alicyclic amines) is 1. The van der Waals surface area contributed by atoms with E-state index in [1.54, 1.807) is 15.5 Å². The molecule has 11 heteroatoms. The van der Waals surface area contributed by atoms with Crippen molar-refractivity contribution in [2.45, 2.75) is 38.1 Å². The van der Waals surface area contributed by atoms with E-state index in [1.807, 2.05) is 24.3 Å². The molecule has 220 valence electrons. The number of carbonyl (C=O) groups excluding carboxylic acids is 1. The van der Waals surface area contributed by atoms with Gasteiger partial charge in [0.2, 0.25) is 6.41 Å². The van der Waals surface area contributed by atoms with Crippen molar-refractivity contribution in [3.8, 4) is 5.75 Å². The number of likely N-dealkylation sites (N-methyl/N-ethyl adjacent to an activating group) is 1.